The van der Waals surface area contributed by atoms with Gasteiger partial charge in [0.15, 0.2) is 5.78 Å². The summed E-state index contributed by atoms with van der Waals surface area (Å²) in [6.07, 6.45) is 2.32. The molecule has 1 atom stereocenters. The molecule has 0 N–H and O–H groups in total. The molecule has 1 unspecified atom stereocenters. The summed E-state index contributed by atoms with van der Waals surface area (Å²) in [6.45, 7) is 5.44. The lowest BCUT2D eigenvalue weighted by molar-refractivity contribution is 0.101. The van der Waals surface area contributed by atoms with Crippen molar-refractivity contribution >= 4 is 11.5 Å². The van der Waals surface area contributed by atoms with Crippen molar-refractivity contribution in [2.45, 2.75) is 26.7 Å². The van der Waals surface area contributed by atoms with Crippen molar-refractivity contribution in [2.24, 2.45) is 5.92 Å². The van der Waals surface area contributed by atoms with Gasteiger partial charge < -0.3 is 4.90 Å². The molecule has 1 aliphatic rings. The lowest BCUT2D eigenvalue weighted by atomic mass is 9.98. The monoisotopic (exact) mass is 235 g/mol. The number of carbonyl (C=O) groups is 1. The third-order valence-electron chi connectivity index (χ3n) is 3.34. The molecule has 1 fully saturated rings. The number of benzene rings is 1. The van der Waals surface area contributed by atoms with E-state index in [0.717, 1.165) is 25.2 Å². The first kappa shape index (κ1) is 12.1. The second-order valence-corrected chi connectivity index (χ2v) is 4.88. The molecule has 0 aromatic heterocycles. The molecule has 0 bridgehead atoms. The number of halogens is 1. The van der Waals surface area contributed by atoms with Crippen LogP contribution in [0.25, 0.3) is 0 Å². The molecule has 0 amide bonds. The van der Waals surface area contributed by atoms with Crippen LogP contribution >= 0.6 is 0 Å². The van der Waals surface area contributed by atoms with E-state index in [1.165, 1.54) is 19.4 Å². The van der Waals surface area contributed by atoms with Gasteiger partial charge in [0.1, 0.15) is 5.82 Å². The van der Waals surface area contributed by atoms with E-state index in [4.69, 9.17) is 0 Å². The predicted octanol–water partition coefficient (Wildman–Crippen LogP) is 3.26. The Morgan fingerprint density at radius 1 is 1.47 bits per heavy atom. The Morgan fingerprint density at radius 3 is 2.88 bits per heavy atom. The van der Waals surface area contributed by atoms with Crippen LogP contribution in [0.15, 0.2) is 18.2 Å². The van der Waals surface area contributed by atoms with Gasteiger partial charge in [-0.25, -0.2) is 4.39 Å². The Kier molecular flexibility index (Phi) is 3.46. The van der Waals surface area contributed by atoms with Crippen LogP contribution in [-0.4, -0.2) is 18.9 Å². The smallest absolute Gasteiger partial charge is 0.164 e. The first-order chi connectivity index (χ1) is 8.09. The third-order valence-corrected chi connectivity index (χ3v) is 3.34. The minimum absolute atomic E-state index is 0.198. The second kappa shape index (κ2) is 4.86. The number of anilines is 1. The maximum Gasteiger partial charge on any atom is 0.164 e. The molecule has 1 saturated heterocycles. The number of rotatable bonds is 2. The van der Waals surface area contributed by atoms with Crippen LogP contribution in [0.1, 0.15) is 37.0 Å². The first-order valence-electron chi connectivity index (χ1n) is 6.14. The van der Waals surface area contributed by atoms with Gasteiger partial charge in [-0.15, -0.1) is 0 Å². The van der Waals surface area contributed by atoms with Crippen LogP contribution < -0.4 is 4.90 Å². The standard InChI is InChI=1S/C14H18FNO/c1-10-5-4-8-16(9-10)13-7-3-6-12(15)14(13)11(2)17/h3,6-7,10H,4-5,8-9H2,1-2H3. The van der Waals surface area contributed by atoms with Gasteiger partial charge in [0.25, 0.3) is 0 Å². The van der Waals surface area contributed by atoms with E-state index in [1.807, 2.05) is 6.07 Å². The first-order valence-corrected chi connectivity index (χ1v) is 6.14. The maximum absolute atomic E-state index is 13.7. The summed E-state index contributed by atoms with van der Waals surface area (Å²) in [5.74, 6) is -0.00335. The van der Waals surface area contributed by atoms with Gasteiger partial charge in [0, 0.05) is 13.1 Å². The fourth-order valence-corrected chi connectivity index (χ4v) is 2.53. The number of piperidine rings is 1. The number of hydrogen-bond donors (Lipinski definition) is 0. The van der Waals surface area contributed by atoms with Crippen LogP contribution in [0.3, 0.4) is 0 Å². The van der Waals surface area contributed by atoms with E-state index < -0.39 is 5.82 Å². The maximum atomic E-state index is 13.7. The molecule has 17 heavy (non-hydrogen) atoms. The average molecular weight is 235 g/mol. The molecule has 92 valence electrons. The number of carbonyl (C=O) groups excluding carboxylic acids is 1. The third kappa shape index (κ3) is 2.48. The normalized spacial score (nSPS) is 20.4. The minimum atomic E-state index is -0.409. The Balaban J connectivity index is 2.37. The Labute approximate surface area is 101 Å². The molecule has 1 aromatic carbocycles. The molecular weight excluding hydrogens is 217 g/mol. The molecule has 0 saturated carbocycles. The fourth-order valence-electron chi connectivity index (χ4n) is 2.53. The molecule has 1 aromatic rings. The molecule has 0 aliphatic carbocycles. The summed E-state index contributed by atoms with van der Waals surface area (Å²) in [5.41, 5.74) is 0.991. The highest BCUT2D eigenvalue weighted by Crippen LogP contribution is 2.28. The van der Waals surface area contributed by atoms with Gasteiger partial charge in [0.2, 0.25) is 0 Å². The van der Waals surface area contributed by atoms with Gasteiger partial charge in [-0.1, -0.05) is 13.0 Å². The quantitative estimate of drug-likeness (QED) is 0.733. The van der Waals surface area contributed by atoms with E-state index in [-0.39, 0.29) is 11.3 Å². The SMILES string of the molecule is CC(=O)c1c(F)cccc1N1CCCC(C)C1. The van der Waals surface area contributed by atoms with Gasteiger partial charge in [-0.05, 0) is 37.8 Å². The molecule has 2 rings (SSSR count). The summed E-state index contributed by atoms with van der Waals surface area (Å²) in [7, 11) is 0. The summed E-state index contributed by atoms with van der Waals surface area (Å²) in [4.78, 5) is 13.7. The van der Waals surface area contributed by atoms with E-state index in [2.05, 4.69) is 11.8 Å². The molecule has 0 radical (unpaired) electrons. The number of ketones is 1. The molecular formula is C14H18FNO. The zero-order chi connectivity index (χ0) is 12.4. The Morgan fingerprint density at radius 2 is 2.24 bits per heavy atom. The van der Waals surface area contributed by atoms with Crippen molar-refractivity contribution in [3.05, 3.63) is 29.6 Å². The zero-order valence-electron chi connectivity index (χ0n) is 10.4. The van der Waals surface area contributed by atoms with E-state index in [0.29, 0.717) is 5.92 Å². The summed E-state index contributed by atoms with van der Waals surface area (Å²) in [5, 5.41) is 0. The lowest BCUT2D eigenvalue weighted by Crippen LogP contribution is -2.35. The molecule has 1 heterocycles. The van der Waals surface area contributed by atoms with Gasteiger partial charge in [-0.3, -0.25) is 4.79 Å². The van der Waals surface area contributed by atoms with Crippen molar-refractivity contribution in [3.8, 4) is 0 Å². The number of Topliss-reactive ketones (excluding diaryl/α,β-unsaturated/α-hetero) is 1. The van der Waals surface area contributed by atoms with Crippen molar-refractivity contribution in [3.63, 3.8) is 0 Å². The van der Waals surface area contributed by atoms with Crippen molar-refractivity contribution in [2.75, 3.05) is 18.0 Å². The highest BCUT2D eigenvalue weighted by molar-refractivity contribution is 6.00. The van der Waals surface area contributed by atoms with E-state index >= 15 is 0 Å². The van der Waals surface area contributed by atoms with Crippen LogP contribution in [0.4, 0.5) is 10.1 Å². The van der Waals surface area contributed by atoms with E-state index in [1.54, 1.807) is 6.07 Å². The second-order valence-electron chi connectivity index (χ2n) is 4.88. The van der Waals surface area contributed by atoms with Crippen molar-refractivity contribution in [1.82, 2.24) is 0 Å². The highest BCUT2D eigenvalue weighted by atomic mass is 19.1. The average Bonchev–Trinajstić information content (AvgIpc) is 2.28. The van der Waals surface area contributed by atoms with Gasteiger partial charge in [-0.2, -0.15) is 0 Å². The minimum Gasteiger partial charge on any atom is -0.371 e. The van der Waals surface area contributed by atoms with Crippen LogP contribution in [0.2, 0.25) is 0 Å². The van der Waals surface area contributed by atoms with Crippen LogP contribution in [-0.2, 0) is 0 Å². The largest absolute Gasteiger partial charge is 0.371 e. The number of nitrogens with zero attached hydrogens (tertiary/aromatic N) is 1. The summed E-state index contributed by atoms with van der Waals surface area (Å²) >= 11 is 0. The predicted molar refractivity (Wildman–Crippen MR) is 67.0 cm³/mol. The van der Waals surface area contributed by atoms with Gasteiger partial charge in [0.05, 0.1) is 11.3 Å². The molecule has 2 nitrogen and oxygen atoms in total. The van der Waals surface area contributed by atoms with Crippen LogP contribution in [0.5, 0.6) is 0 Å². The van der Waals surface area contributed by atoms with Crippen molar-refractivity contribution < 1.29 is 9.18 Å². The molecule has 0 spiro atoms. The zero-order valence-corrected chi connectivity index (χ0v) is 10.4. The molecule has 3 heteroatoms. The Bertz CT molecular complexity index is 430. The summed E-state index contributed by atoms with van der Waals surface area (Å²) < 4.78 is 13.7. The molecule has 1 aliphatic heterocycles. The summed E-state index contributed by atoms with van der Waals surface area (Å²) in [6, 6.07) is 4.88. The lowest BCUT2D eigenvalue weighted by Gasteiger charge is -2.33. The number of hydrogen-bond acceptors (Lipinski definition) is 2. The Hall–Kier alpha value is -1.38. The fraction of sp³-hybridized carbons (Fsp3) is 0.500. The topological polar surface area (TPSA) is 20.3 Å². The van der Waals surface area contributed by atoms with E-state index in [9.17, 15) is 9.18 Å². The van der Waals surface area contributed by atoms with Gasteiger partial charge >= 0.3 is 0 Å². The highest BCUT2D eigenvalue weighted by Gasteiger charge is 2.22. The van der Waals surface area contributed by atoms with Crippen molar-refractivity contribution in [1.29, 1.82) is 0 Å². The van der Waals surface area contributed by atoms with Crippen LogP contribution in [0, 0.1) is 11.7 Å².